The van der Waals surface area contributed by atoms with Gasteiger partial charge in [-0.25, -0.2) is 9.61 Å². The van der Waals surface area contributed by atoms with Crippen LogP contribution in [0.5, 0.6) is 0 Å². The number of pyridine rings is 1. The van der Waals surface area contributed by atoms with Crippen molar-refractivity contribution >= 4 is 11.4 Å². The quantitative estimate of drug-likeness (QED) is 0.696. The van der Waals surface area contributed by atoms with E-state index >= 15 is 0 Å². The zero-order valence-electron chi connectivity index (χ0n) is 13.1. The first kappa shape index (κ1) is 16.2. The molecule has 1 amide bonds. The molecule has 11 heteroatoms. The fourth-order valence-electron chi connectivity index (χ4n) is 3.08. The second-order valence-electron chi connectivity index (χ2n) is 5.82. The van der Waals surface area contributed by atoms with Gasteiger partial charge in [-0.2, -0.15) is 18.3 Å². The summed E-state index contributed by atoms with van der Waals surface area (Å²) in [5, 5.41) is 12.5. The van der Waals surface area contributed by atoms with Crippen molar-refractivity contribution in [2.75, 3.05) is 6.54 Å². The molecule has 1 N–H and O–H groups in total. The molecule has 26 heavy (non-hydrogen) atoms. The number of alkyl halides is 3. The summed E-state index contributed by atoms with van der Waals surface area (Å²) in [5.74, 6) is -0.461. The van der Waals surface area contributed by atoms with E-state index < -0.39 is 23.3 Å². The average molecular weight is 364 g/mol. The third-order valence-electron chi connectivity index (χ3n) is 4.30. The zero-order chi connectivity index (χ0) is 18.5. The van der Waals surface area contributed by atoms with Crippen molar-refractivity contribution in [1.29, 1.82) is 0 Å². The smallest absolute Gasteiger partial charge is 0.334 e. The molecule has 1 aliphatic heterocycles. The van der Waals surface area contributed by atoms with Crippen molar-refractivity contribution < 1.29 is 18.0 Å². The number of carbonyl (C=O) groups excluding carboxylic acids is 1. The highest BCUT2D eigenvalue weighted by Gasteiger charge is 2.39. The molecule has 4 rings (SSSR count). The molecule has 0 aliphatic carbocycles. The van der Waals surface area contributed by atoms with Crippen LogP contribution in [0.2, 0.25) is 0 Å². The second-order valence-corrected chi connectivity index (χ2v) is 5.82. The van der Waals surface area contributed by atoms with Crippen LogP contribution >= 0.6 is 0 Å². The maximum Gasteiger partial charge on any atom is 0.435 e. The lowest BCUT2D eigenvalue weighted by molar-refractivity contribution is -0.142. The zero-order valence-corrected chi connectivity index (χ0v) is 13.1. The van der Waals surface area contributed by atoms with Gasteiger partial charge in [0.15, 0.2) is 5.69 Å². The molecule has 1 aliphatic rings. The second kappa shape index (κ2) is 5.64. The minimum absolute atomic E-state index is 0.0144. The molecule has 0 atom stereocenters. The molecule has 134 valence electrons. The van der Waals surface area contributed by atoms with Gasteiger partial charge in [0.2, 0.25) is 0 Å². The molecule has 0 fully saturated rings. The van der Waals surface area contributed by atoms with Crippen molar-refractivity contribution in [3.8, 4) is 0 Å². The van der Waals surface area contributed by atoms with E-state index in [1.165, 1.54) is 15.6 Å². The Balaban J connectivity index is 1.75. The lowest BCUT2D eigenvalue weighted by Gasteiger charge is -2.29. The molecular weight excluding hydrogens is 353 g/mol. The Bertz CT molecular complexity index is 1070. The minimum Gasteiger partial charge on any atom is -0.334 e. The highest BCUT2D eigenvalue weighted by molar-refractivity contribution is 6.00. The van der Waals surface area contributed by atoms with E-state index in [0.29, 0.717) is 5.52 Å². The summed E-state index contributed by atoms with van der Waals surface area (Å²) >= 11 is 0. The molecule has 0 unspecified atom stereocenters. The van der Waals surface area contributed by atoms with Gasteiger partial charge in [-0.1, -0.05) is 5.21 Å². The van der Waals surface area contributed by atoms with Gasteiger partial charge in [0.25, 0.3) is 11.5 Å². The number of carbonyl (C=O) groups is 1. The number of nitrogens with one attached hydrogen (secondary N) is 1. The third kappa shape index (κ3) is 2.52. The van der Waals surface area contributed by atoms with Crippen LogP contribution in [0.3, 0.4) is 0 Å². The van der Waals surface area contributed by atoms with Gasteiger partial charge >= 0.3 is 6.18 Å². The molecule has 0 saturated heterocycles. The van der Waals surface area contributed by atoms with Crippen molar-refractivity contribution in [2.24, 2.45) is 0 Å². The first-order chi connectivity index (χ1) is 12.4. The van der Waals surface area contributed by atoms with E-state index in [1.807, 2.05) is 5.10 Å². The number of hydrogen-bond acceptors (Lipinski definition) is 5. The summed E-state index contributed by atoms with van der Waals surface area (Å²) in [4.78, 5) is 25.9. The van der Waals surface area contributed by atoms with Gasteiger partial charge in [-0.15, -0.1) is 5.10 Å². The number of H-pyrrole nitrogens is 1. The maximum absolute atomic E-state index is 13.2. The average Bonchev–Trinajstić information content (AvgIpc) is 3.08. The summed E-state index contributed by atoms with van der Waals surface area (Å²) in [6, 6.07) is 3.15. The molecular formula is C15H11F3N6O2. The molecule has 0 radical (unpaired) electrons. The monoisotopic (exact) mass is 364 g/mol. The summed E-state index contributed by atoms with van der Waals surface area (Å²) in [7, 11) is 0. The fraction of sp³-hybridized carbons (Fsp3) is 0.267. The number of halogens is 3. The Kier molecular flexibility index (Phi) is 3.53. The first-order valence-corrected chi connectivity index (χ1v) is 7.62. The van der Waals surface area contributed by atoms with E-state index in [9.17, 15) is 22.8 Å². The molecule has 0 spiro atoms. The molecule has 3 aromatic heterocycles. The number of amides is 1. The number of nitrogens with zero attached hydrogens (tertiary/aromatic N) is 5. The predicted molar refractivity (Wildman–Crippen MR) is 81.3 cm³/mol. The summed E-state index contributed by atoms with van der Waals surface area (Å²) in [6.07, 6.45) is -1.70. The maximum atomic E-state index is 13.2. The van der Waals surface area contributed by atoms with E-state index in [0.717, 1.165) is 0 Å². The molecule has 8 nitrogen and oxygen atoms in total. The minimum atomic E-state index is -4.73. The van der Waals surface area contributed by atoms with Crippen molar-refractivity contribution in [1.82, 2.24) is 29.9 Å². The Hall–Kier alpha value is -3.24. The van der Waals surface area contributed by atoms with E-state index in [4.69, 9.17) is 0 Å². The molecule has 0 aromatic carbocycles. The number of aromatic nitrogens is 5. The fourth-order valence-corrected chi connectivity index (χ4v) is 3.08. The number of fused-ring (bicyclic) bond motifs is 2. The highest BCUT2D eigenvalue weighted by Crippen LogP contribution is 2.33. The number of hydrogen-bond donors (Lipinski definition) is 1. The van der Waals surface area contributed by atoms with Crippen molar-refractivity contribution in [3.05, 3.63) is 57.3 Å². The summed E-state index contributed by atoms with van der Waals surface area (Å²) in [5.41, 5.74) is -1.37. The van der Waals surface area contributed by atoms with Crippen molar-refractivity contribution in [2.45, 2.75) is 19.1 Å². The van der Waals surface area contributed by atoms with Crippen LogP contribution in [0.1, 0.15) is 27.2 Å². The summed E-state index contributed by atoms with van der Waals surface area (Å²) < 4.78 is 41.1. The Morgan fingerprint density at radius 3 is 2.85 bits per heavy atom. The van der Waals surface area contributed by atoms with Gasteiger partial charge in [0.05, 0.1) is 17.3 Å². The topological polar surface area (TPSA) is 96.2 Å². The van der Waals surface area contributed by atoms with Gasteiger partial charge < -0.3 is 4.90 Å². The first-order valence-electron chi connectivity index (χ1n) is 7.62. The standard InChI is InChI=1S/C15H11F3N6O2/c16-15(17,18)12-10-7-23(5-3-8(10)13(25)21-20-12)14(26)9-2-1-4-24-11(9)6-19-22-24/h1-2,4,6H,3,5,7H2,(H,21,25). The molecule has 0 saturated carbocycles. The number of aromatic amines is 1. The van der Waals surface area contributed by atoms with Crippen LogP contribution in [0.25, 0.3) is 5.52 Å². The van der Waals surface area contributed by atoms with Crippen LogP contribution in [-0.4, -0.2) is 42.4 Å². The van der Waals surface area contributed by atoms with Crippen LogP contribution < -0.4 is 5.56 Å². The largest absolute Gasteiger partial charge is 0.435 e. The normalized spacial score (nSPS) is 14.5. The van der Waals surface area contributed by atoms with Crippen LogP contribution in [0.15, 0.2) is 29.3 Å². The number of rotatable bonds is 1. The molecule has 3 aromatic rings. The lowest BCUT2D eigenvalue weighted by atomic mass is 9.99. The highest BCUT2D eigenvalue weighted by atomic mass is 19.4. The van der Waals surface area contributed by atoms with E-state index in [2.05, 4.69) is 15.4 Å². The Labute approximate surface area is 143 Å². The van der Waals surface area contributed by atoms with Gasteiger partial charge in [0, 0.05) is 30.4 Å². The van der Waals surface area contributed by atoms with Gasteiger partial charge in [0.1, 0.15) is 0 Å². The van der Waals surface area contributed by atoms with Gasteiger partial charge in [-0.3, -0.25) is 9.59 Å². The molecule has 0 bridgehead atoms. The molecule has 4 heterocycles. The van der Waals surface area contributed by atoms with Crippen molar-refractivity contribution in [3.63, 3.8) is 0 Å². The third-order valence-corrected chi connectivity index (χ3v) is 4.30. The van der Waals surface area contributed by atoms with Crippen LogP contribution in [0, 0.1) is 0 Å². The van der Waals surface area contributed by atoms with Gasteiger partial charge in [-0.05, 0) is 18.6 Å². The summed E-state index contributed by atoms with van der Waals surface area (Å²) in [6.45, 7) is -0.221. The Morgan fingerprint density at radius 2 is 2.08 bits per heavy atom. The van der Waals surface area contributed by atoms with E-state index in [1.54, 1.807) is 18.3 Å². The van der Waals surface area contributed by atoms with Crippen LogP contribution in [0.4, 0.5) is 13.2 Å². The SMILES string of the molecule is O=C(c1cccn2nncc12)N1CCc2c(c(C(F)(F)F)n[nH]c2=O)C1. The van der Waals surface area contributed by atoms with E-state index in [-0.39, 0.29) is 36.2 Å². The van der Waals surface area contributed by atoms with Crippen LogP contribution in [-0.2, 0) is 19.1 Å². The Morgan fingerprint density at radius 1 is 1.27 bits per heavy atom. The lowest BCUT2D eigenvalue weighted by Crippen LogP contribution is -2.40. The predicted octanol–water partition coefficient (Wildman–Crippen LogP) is 1.03.